The van der Waals surface area contributed by atoms with Crippen molar-refractivity contribution in [3.63, 3.8) is 0 Å². The van der Waals surface area contributed by atoms with Crippen LogP contribution in [-0.2, 0) is 19.1 Å². The van der Waals surface area contributed by atoms with Gasteiger partial charge in [-0.2, -0.15) is 0 Å². The van der Waals surface area contributed by atoms with Gasteiger partial charge < -0.3 is 15.4 Å². The molecule has 4 fully saturated rings. The van der Waals surface area contributed by atoms with E-state index in [1.165, 1.54) is 19.3 Å². The smallest absolute Gasteiger partial charge is 0.325 e. The SMILES string of the molecule is CCC[C@@H](NC(=O)COC(=O)CNC(=O)C12CC3CC(CC(C3)C1)C2)c1ccccc1. The average Bonchev–Trinajstić information content (AvgIpc) is 2.75. The summed E-state index contributed by atoms with van der Waals surface area (Å²) in [5.74, 6) is 1.12. The molecule has 0 unspecified atom stereocenters. The fraction of sp³-hybridized carbons (Fsp3) is 0.640. The summed E-state index contributed by atoms with van der Waals surface area (Å²) in [6.07, 6.45) is 8.42. The molecule has 0 spiro atoms. The zero-order valence-corrected chi connectivity index (χ0v) is 18.4. The van der Waals surface area contributed by atoms with E-state index in [1.807, 2.05) is 30.3 Å². The van der Waals surface area contributed by atoms with Crippen LogP contribution in [0.15, 0.2) is 30.3 Å². The predicted octanol–water partition coefficient (Wildman–Crippen LogP) is 3.52. The molecule has 0 aromatic heterocycles. The molecule has 5 rings (SSSR count). The molecular weight excluding hydrogens is 392 g/mol. The van der Waals surface area contributed by atoms with Gasteiger partial charge in [0.05, 0.1) is 6.04 Å². The highest BCUT2D eigenvalue weighted by Gasteiger charge is 2.54. The molecule has 31 heavy (non-hydrogen) atoms. The van der Waals surface area contributed by atoms with Gasteiger partial charge in [-0.1, -0.05) is 43.7 Å². The topological polar surface area (TPSA) is 84.5 Å². The highest BCUT2D eigenvalue weighted by Crippen LogP contribution is 2.60. The maximum Gasteiger partial charge on any atom is 0.325 e. The van der Waals surface area contributed by atoms with E-state index in [2.05, 4.69) is 17.6 Å². The van der Waals surface area contributed by atoms with Crippen molar-refractivity contribution < 1.29 is 19.1 Å². The third-order valence-corrected chi connectivity index (χ3v) is 7.39. The van der Waals surface area contributed by atoms with Gasteiger partial charge in [-0.05, 0) is 68.3 Å². The van der Waals surface area contributed by atoms with E-state index in [4.69, 9.17) is 4.74 Å². The quantitative estimate of drug-likeness (QED) is 0.592. The van der Waals surface area contributed by atoms with Crippen LogP contribution < -0.4 is 10.6 Å². The summed E-state index contributed by atoms with van der Waals surface area (Å²) in [7, 11) is 0. The lowest BCUT2D eigenvalue weighted by Crippen LogP contribution is -2.54. The minimum Gasteiger partial charge on any atom is -0.454 e. The zero-order chi connectivity index (χ0) is 21.8. The summed E-state index contributed by atoms with van der Waals surface area (Å²) in [5.41, 5.74) is 0.752. The Morgan fingerprint density at radius 1 is 1.03 bits per heavy atom. The molecular formula is C25H34N2O4. The summed E-state index contributed by atoms with van der Waals surface area (Å²) in [5, 5.41) is 5.74. The summed E-state index contributed by atoms with van der Waals surface area (Å²) in [6.45, 7) is 1.55. The molecule has 0 saturated heterocycles. The van der Waals surface area contributed by atoms with Crippen LogP contribution in [0.3, 0.4) is 0 Å². The molecule has 1 atom stereocenters. The van der Waals surface area contributed by atoms with Crippen LogP contribution in [0.5, 0.6) is 0 Å². The lowest BCUT2D eigenvalue weighted by atomic mass is 9.49. The first-order valence-corrected chi connectivity index (χ1v) is 11.8. The third kappa shape index (κ3) is 5.10. The van der Waals surface area contributed by atoms with Crippen LogP contribution in [0.25, 0.3) is 0 Å². The van der Waals surface area contributed by atoms with Crippen molar-refractivity contribution in [2.75, 3.05) is 13.2 Å². The van der Waals surface area contributed by atoms with Crippen molar-refractivity contribution in [1.82, 2.24) is 10.6 Å². The second kappa shape index (κ2) is 9.41. The van der Waals surface area contributed by atoms with Gasteiger partial charge >= 0.3 is 5.97 Å². The van der Waals surface area contributed by atoms with Crippen LogP contribution in [-0.4, -0.2) is 30.9 Å². The van der Waals surface area contributed by atoms with E-state index in [0.717, 1.165) is 37.7 Å². The second-order valence-corrected chi connectivity index (χ2v) is 9.86. The number of nitrogens with one attached hydrogen (secondary N) is 2. The molecule has 4 bridgehead atoms. The normalized spacial score (nSPS) is 29.3. The molecule has 0 radical (unpaired) electrons. The van der Waals surface area contributed by atoms with Gasteiger partial charge in [0.15, 0.2) is 6.61 Å². The number of carbonyl (C=O) groups is 3. The lowest BCUT2D eigenvalue weighted by Gasteiger charge is -2.55. The Bertz CT molecular complexity index is 772. The van der Waals surface area contributed by atoms with Crippen molar-refractivity contribution in [2.24, 2.45) is 23.2 Å². The number of hydrogen-bond donors (Lipinski definition) is 2. The molecule has 6 nitrogen and oxygen atoms in total. The summed E-state index contributed by atoms with van der Waals surface area (Å²) in [6, 6.07) is 9.67. The van der Waals surface area contributed by atoms with E-state index in [9.17, 15) is 14.4 Å². The van der Waals surface area contributed by atoms with Crippen molar-refractivity contribution >= 4 is 17.8 Å². The minimum atomic E-state index is -0.569. The fourth-order valence-corrected chi connectivity index (χ4v) is 6.46. The molecule has 4 aliphatic carbocycles. The first-order valence-electron chi connectivity index (χ1n) is 11.8. The molecule has 2 amide bonds. The highest BCUT2D eigenvalue weighted by molar-refractivity contribution is 5.87. The average molecular weight is 427 g/mol. The molecule has 1 aromatic rings. The molecule has 4 aliphatic rings. The van der Waals surface area contributed by atoms with Crippen LogP contribution in [0.1, 0.15) is 69.9 Å². The molecule has 2 N–H and O–H groups in total. The van der Waals surface area contributed by atoms with Crippen LogP contribution >= 0.6 is 0 Å². The van der Waals surface area contributed by atoms with E-state index in [0.29, 0.717) is 17.8 Å². The number of amides is 2. The lowest BCUT2D eigenvalue weighted by molar-refractivity contribution is -0.152. The number of rotatable bonds is 9. The first-order chi connectivity index (χ1) is 15.0. The summed E-state index contributed by atoms with van der Waals surface area (Å²) >= 11 is 0. The summed E-state index contributed by atoms with van der Waals surface area (Å²) in [4.78, 5) is 37.4. The van der Waals surface area contributed by atoms with E-state index in [1.54, 1.807) is 0 Å². The molecule has 1 aromatic carbocycles. The largest absolute Gasteiger partial charge is 0.454 e. The second-order valence-electron chi connectivity index (χ2n) is 9.86. The third-order valence-electron chi connectivity index (χ3n) is 7.39. The minimum absolute atomic E-state index is 0.0000824. The number of ether oxygens (including phenoxy) is 1. The molecule has 0 heterocycles. The number of carbonyl (C=O) groups excluding carboxylic acids is 3. The van der Waals surface area contributed by atoms with Gasteiger partial charge in [-0.25, -0.2) is 0 Å². The highest BCUT2D eigenvalue weighted by atomic mass is 16.5. The monoisotopic (exact) mass is 426 g/mol. The molecule has 4 saturated carbocycles. The van der Waals surface area contributed by atoms with Crippen molar-refractivity contribution in [2.45, 2.75) is 64.3 Å². The predicted molar refractivity (Wildman–Crippen MR) is 117 cm³/mol. The number of hydrogen-bond acceptors (Lipinski definition) is 4. The molecule has 6 heteroatoms. The van der Waals surface area contributed by atoms with Crippen molar-refractivity contribution in [3.05, 3.63) is 35.9 Å². The zero-order valence-electron chi connectivity index (χ0n) is 18.4. The Balaban J connectivity index is 1.21. The van der Waals surface area contributed by atoms with Crippen LogP contribution in [0.4, 0.5) is 0 Å². The van der Waals surface area contributed by atoms with E-state index < -0.39 is 5.97 Å². The Morgan fingerprint density at radius 3 is 2.23 bits per heavy atom. The van der Waals surface area contributed by atoms with Gasteiger partial charge in [-0.3, -0.25) is 14.4 Å². The number of benzene rings is 1. The molecule has 168 valence electrons. The Labute approximate surface area is 184 Å². The van der Waals surface area contributed by atoms with E-state index in [-0.39, 0.29) is 36.4 Å². The fourth-order valence-electron chi connectivity index (χ4n) is 6.46. The van der Waals surface area contributed by atoms with E-state index >= 15 is 0 Å². The maximum atomic E-state index is 12.9. The molecule has 0 aliphatic heterocycles. The van der Waals surface area contributed by atoms with Gasteiger partial charge in [0.25, 0.3) is 5.91 Å². The number of esters is 1. The van der Waals surface area contributed by atoms with Crippen LogP contribution in [0, 0.1) is 23.2 Å². The van der Waals surface area contributed by atoms with Crippen LogP contribution in [0.2, 0.25) is 0 Å². The first kappa shape index (κ1) is 21.8. The van der Waals surface area contributed by atoms with Gasteiger partial charge in [0.2, 0.25) is 5.91 Å². The van der Waals surface area contributed by atoms with Crippen molar-refractivity contribution in [1.29, 1.82) is 0 Å². The Morgan fingerprint density at radius 2 is 1.65 bits per heavy atom. The van der Waals surface area contributed by atoms with Gasteiger partial charge in [0.1, 0.15) is 6.54 Å². The standard InChI is InChI=1S/C25H34N2O4/c1-2-6-21(20-7-4-3-5-8-20)27-22(28)16-31-23(29)15-26-24(30)25-12-17-9-18(13-25)11-19(10-17)14-25/h3-5,7-8,17-19,21H,2,6,9-16H2,1H3,(H,26,30)(H,27,28)/t17?,18?,19?,21-,25?/m1/s1. The summed E-state index contributed by atoms with van der Waals surface area (Å²) < 4.78 is 5.12. The Kier molecular flexibility index (Phi) is 6.63. The van der Waals surface area contributed by atoms with Crippen molar-refractivity contribution in [3.8, 4) is 0 Å². The Hall–Kier alpha value is -2.37. The van der Waals surface area contributed by atoms with Gasteiger partial charge in [-0.15, -0.1) is 0 Å². The van der Waals surface area contributed by atoms with Gasteiger partial charge in [0, 0.05) is 5.41 Å². The maximum absolute atomic E-state index is 12.9.